The van der Waals surface area contributed by atoms with Gasteiger partial charge in [0.05, 0.1) is 11.3 Å². The first-order valence-corrected chi connectivity index (χ1v) is 9.25. The van der Waals surface area contributed by atoms with Crippen LogP contribution in [-0.2, 0) is 0 Å². The van der Waals surface area contributed by atoms with Crippen LogP contribution in [0.4, 0.5) is 5.69 Å². The molecule has 0 aromatic carbocycles. The van der Waals surface area contributed by atoms with Crippen LogP contribution in [0.15, 0.2) is 12.3 Å². The fourth-order valence-corrected chi connectivity index (χ4v) is 3.67. The van der Waals surface area contributed by atoms with Gasteiger partial charge >= 0.3 is 0 Å². The Balaban J connectivity index is 1.77. The maximum atomic E-state index is 6.17. The largest absolute Gasteiger partial charge is 0.370 e. The van der Waals surface area contributed by atoms with E-state index in [4.69, 9.17) is 11.6 Å². The molecule has 1 aliphatic carbocycles. The van der Waals surface area contributed by atoms with E-state index in [1.165, 1.54) is 25.7 Å². The summed E-state index contributed by atoms with van der Waals surface area (Å²) in [6.45, 7) is 7.88. The quantitative estimate of drug-likeness (QED) is 0.608. The van der Waals surface area contributed by atoms with Gasteiger partial charge in [0.15, 0.2) is 0 Å². The molecular weight excluding hydrogens is 318 g/mol. The highest BCUT2D eigenvalue weighted by atomic mass is 35.5. The van der Waals surface area contributed by atoms with Crippen LogP contribution in [0.2, 0.25) is 5.15 Å². The lowest BCUT2D eigenvalue weighted by Crippen LogP contribution is -2.43. The summed E-state index contributed by atoms with van der Waals surface area (Å²) in [4.78, 5) is 8.99. The first-order valence-electron chi connectivity index (χ1n) is 8.87. The van der Waals surface area contributed by atoms with E-state index < -0.39 is 0 Å². The van der Waals surface area contributed by atoms with Crippen molar-refractivity contribution in [2.75, 3.05) is 38.6 Å². The van der Waals surface area contributed by atoms with Gasteiger partial charge in [0.2, 0.25) is 0 Å². The normalized spacial score (nSPS) is 21.3. The Morgan fingerprint density at radius 3 is 2.46 bits per heavy atom. The minimum absolute atomic E-state index is 0.225. The zero-order valence-corrected chi connectivity index (χ0v) is 16.1. The molecule has 1 saturated heterocycles. The molecule has 1 aromatic rings. The molecule has 0 amide bonds. The summed E-state index contributed by atoms with van der Waals surface area (Å²) in [6.07, 6.45) is 6.64. The summed E-state index contributed by atoms with van der Waals surface area (Å²) in [5, 5.41) is 0.551. The Hall–Kier alpha value is -1.24. The standard InChI is InChI=1S/C20H28ClN3/c1-19(7-8-19)6-5-16-14-22-18(21)13-17(16)24-11-9-20(2,10-12-24)15-23(3)4/h13-14H,7-12,15H2,1-4H3. The van der Waals surface area contributed by atoms with Crippen molar-refractivity contribution >= 4 is 17.3 Å². The summed E-state index contributed by atoms with van der Waals surface area (Å²) in [7, 11) is 4.32. The number of anilines is 1. The summed E-state index contributed by atoms with van der Waals surface area (Å²) in [5.74, 6) is 6.80. The Kier molecular flexibility index (Phi) is 4.82. The number of nitrogens with zero attached hydrogens (tertiary/aromatic N) is 3. The molecule has 0 radical (unpaired) electrons. The fourth-order valence-electron chi connectivity index (χ4n) is 3.52. The van der Waals surface area contributed by atoms with Gasteiger partial charge in [-0.05, 0) is 52.1 Å². The number of aromatic nitrogens is 1. The Morgan fingerprint density at radius 2 is 1.88 bits per heavy atom. The lowest BCUT2D eigenvalue weighted by atomic mass is 9.80. The van der Waals surface area contributed by atoms with Gasteiger partial charge in [0.1, 0.15) is 5.15 Å². The molecule has 1 aliphatic heterocycles. The molecule has 2 fully saturated rings. The topological polar surface area (TPSA) is 19.4 Å². The average molecular weight is 346 g/mol. The molecule has 24 heavy (non-hydrogen) atoms. The molecule has 1 saturated carbocycles. The van der Waals surface area contributed by atoms with Crippen LogP contribution in [0, 0.1) is 22.7 Å². The summed E-state index contributed by atoms with van der Waals surface area (Å²) in [5.41, 5.74) is 2.79. The fraction of sp³-hybridized carbons (Fsp3) is 0.650. The van der Waals surface area contributed by atoms with Gasteiger partial charge in [-0.1, -0.05) is 30.4 Å². The summed E-state index contributed by atoms with van der Waals surface area (Å²) < 4.78 is 0. The highest BCUT2D eigenvalue weighted by Crippen LogP contribution is 2.44. The summed E-state index contributed by atoms with van der Waals surface area (Å²) >= 11 is 6.17. The number of hydrogen-bond donors (Lipinski definition) is 0. The highest BCUT2D eigenvalue weighted by Gasteiger charge is 2.35. The van der Waals surface area contributed by atoms with E-state index in [0.717, 1.165) is 30.9 Å². The van der Waals surface area contributed by atoms with Gasteiger partial charge in [-0.2, -0.15) is 0 Å². The number of halogens is 1. The lowest BCUT2D eigenvalue weighted by molar-refractivity contribution is 0.175. The van der Waals surface area contributed by atoms with Gasteiger partial charge in [-0.15, -0.1) is 0 Å². The van der Waals surface area contributed by atoms with Crippen molar-refractivity contribution in [2.45, 2.75) is 39.5 Å². The third kappa shape index (κ3) is 4.23. The molecule has 2 aliphatic rings. The highest BCUT2D eigenvalue weighted by molar-refractivity contribution is 6.29. The van der Waals surface area contributed by atoms with Crippen LogP contribution in [0.25, 0.3) is 0 Å². The maximum Gasteiger partial charge on any atom is 0.131 e. The third-order valence-electron chi connectivity index (χ3n) is 5.36. The Labute approximate surface area is 151 Å². The molecule has 0 N–H and O–H groups in total. The van der Waals surface area contributed by atoms with Crippen LogP contribution in [0.3, 0.4) is 0 Å². The molecule has 0 bridgehead atoms. The van der Waals surface area contributed by atoms with Gasteiger partial charge < -0.3 is 9.80 Å². The number of hydrogen-bond acceptors (Lipinski definition) is 3. The smallest absolute Gasteiger partial charge is 0.131 e. The molecule has 130 valence electrons. The van der Waals surface area contributed by atoms with Crippen molar-refractivity contribution in [1.29, 1.82) is 0 Å². The van der Waals surface area contributed by atoms with Gasteiger partial charge in [0, 0.05) is 37.3 Å². The minimum atomic E-state index is 0.225. The lowest BCUT2D eigenvalue weighted by Gasteiger charge is -2.42. The van der Waals surface area contributed by atoms with E-state index in [2.05, 4.69) is 54.6 Å². The predicted octanol–water partition coefficient (Wildman–Crippen LogP) is 4.05. The van der Waals surface area contributed by atoms with E-state index in [-0.39, 0.29) is 5.41 Å². The molecule has 0 spiro atoms. The second kappa shape index (κ2) is 6.58. The molecule has 0 atom stereocenters. The Bertz CT molecular complexity index is 659. The van der Waals surface area contributed by atoms with Crippen LogP contribution < -0.4 is 4.90 Å². The predicted molar refractivity (Wildman–Crippen MR) is 102 cm³/mol. The molecule has 3 nitrogen and oxygen atoms in total. The molecular formula is C20H28ClN3. The van der Waals surface area contributed by atoms with Crippen molar-refractivity contribution in [3.63, 3.8) is 0 Å². The van der Waals surface area contributed by atoms with Crippen molar-refractivity contribution < 1.29 is 0 Å². The zero-order chi connectivity index (χ0) is 17.4. The van der Waals surface area contributed by atoms with E-state index >= 15 is 0 Å². The number of piperidine rings is 1. The molecule has 0 unspecified atom stereocenters. The van der Waals surface area contributed by atoms with Gasteiger partial charge in [-0.25, -0.2) is 4.98 Å². The van der Waals surface area contributed by atoms with Crippen molar-refractivity contribution in [3.8, 4) is 11.8 Å². The SMILES string of the molecule is CN(C)CC1(C)CCN(c2cc(Cl)ncc2C#CC2(C)CC2)CC1. The maximum absolute atomic E-state index is 6.17. The summed E-state index contributed by atoms with van der Waals surface area (Å²) in [6, 6.07) is 1.98. The number of pyridine rings is 1. The van der Waals surface area contributed by atoms with Gasteiger partial charge in [0.25, 0.3) is 0 Å². The second-order valence-corrected chi connectivity index (χ2v) is 8.76. The molecule has 1 aromatic heterocycles. The van der Waals surface area contributed by atoms with Crippen LogP contribution in [-0.4, -0.2) is 43.6 Å². The monoisotopic (exact) mass is 345 g/mol. The minimum Gasteiger partial charge on any atom is -0.370 e. The Morgan fingerprint density at radius 1 is 1.21 bits per heavy atom. The first-order chi connectivity index (χ1) is 11.3. The van der Waals surface area contributed by atoms with E-state index in [0.29, 0.717) is 10.6 Å². The van der Waals surface area contributed by atoms with Crippen molar-refractivity contribution in [3.05, 3.63) is 23.0 Å². The molecule has 3 rings (SSSR count). The van der Waals surface area contributed by atoms with Crippen molar-refractivity contribution in [2.24, 2.45) is 10.8 Å². The van der Waals surface area contributed by atoms with E-state index in [1.807, 2.05) is 12.3 Å². The number of rotatable bonds is 3. The zero-order valence-electron chi connectivity index (χ0n) is 15.3. The second-order valence-electron chi connectivity index (χ2n) is 8.37. The van der Waals surface area contributed by atoms with Crippen molar-refractivity contribution in [1.82, 2.24) is 9.88 Å². The molecule has 2 heterocycles. The van der Waals surface area contributed by atoms with E-state index in [9.17, 15) is 0 Å². The average Bonchev–Trinajstić information content (AvgIpc) is 3.24. The third-order valence-corrected chi connectivity index (χ3v) is 5.56. The van der Waals surface area contributed by atoms with E-state index in [1.54, 1.807) is 0 Å². The van der Waals surface area contributed by atoms with Crippen LogP contribution in [0.5, 0.6) is 0 Å². The first kappa shape index (κ1) is 17.6. The van der Waals surface area contributed by atoms with Crippen LogP contribution in [0.1, 0.15) is 45.1 Å². The van der Waals surface area contributed by atoms with Crippen LogP contribution >= 0.6 is 11.6 Å². The van der Waals surface area contributed by atoms with Gasteiger partial charge in [-0.3, -0.25) is 0 Å². The molecule has 4 heteroatoms.